The average Bonchev–Trinajstić information content (AvgIpc) is 2.65. The van der Waals surface area contributed by atoms with Crippen molar-refractivity contribution in [3.63, 3.8) is 0 Å². The Bertz CT molecular complexity index is 332. The number of nitrogens with zero attached hydrogens (tertiary/aromatic N) is 2. The highest BCUT2D eigenvalue weighted by molar-refractivity contribution is 5.94. The molecule has 0 aliphatic heterocycles. The molecule has 0 aliphatic carbocycles. The van der Waals surface area contributed by atoms with E-state index in [1.54, 1.807) is 17.1 Å². The van der Waals surface area contributed by atoms with Crippen molar-refractivity contribution in [1.29, 1.82) is 0 Å². The fourth-order valence-corrected chi connectivity index (χ4v) is 1.11. The first-order chi connectivity index (χ1) is 7.04. The van der Waals surface area contributed by atoms with Crippen molar-refractivity contribution >= 4 is 11.6 Å². The van der Waals surface area contributed by atoms with E-state index in [0.717, 1.165) is 0 Å². The summed E-state index contributed by atoms with van der Waals surface area (Å²) in [4.78, 5) is 11.4. The van der Waals surface area contributed by atoms with Crippen molar-refractivity contribution in [1.82, 2.24) is 9.78 Å². The molecular formula is C10H18N4O. The van der Waals surface area contributed by atoms with Crippen molar-refractivity contribution in [2.45, 2.75) is 39.3 Å². The number of carbonyl (C=O) groups excluding carboxylic acids is 1. The van der Waals surface area contributed by atoms with Gasteiger partial charge >= 0.3 is 0 Å². The number of aromatic nitrogens is 2. The van der Waals surface area contributed by atoms with Gasteiger partial charge in [-0.3, -0.25) is 9.48 Å². The molecule has 0 aliphatic rings. The lowest BCUT2D eigenvalue weighted by Gasteiger charge is -2.08. The zero-order valence-corrected chi connectivity index (χ0v) is 9.40. The molecule has 0 bridgehead atoms. The van der Waals surface area contributed by atoms with Gasteiger partial charge in [-0.05, 0) is 20.3 Å². The predicted molar refractivity (Wildman–Crippen MR) is 59.5 cm³/mol. The molecule has 0 radical (unpaired) electrons. The number of nitrogens with one attached hydrogen (secondary N) is 1. The highest BCUT2D eigenvalue weighted by atomic mass is 16.2. The first-order valence-corrected chi connectivity index (χ1v) is 5.15. The first kappa shape index (κ1) is 11.7. The minimum atomic E-state index is -0.451. The van der Waals surface area contributed by atoms with Crippen molar-refractivity contribution in [2.24, 2.45) is 5.73 Å². The molecule has 1 heterocycles. The molecule has 0 saturated heterocycles. The van der Waals surface area contributed by atoms with Gasteiger partial charge in [-0.1, -0.05) is 6.92 Å². The molecule has 1 rings (SSSR count). The molecule has 0 unspecified atom stereocenters. The van der Waals surface area contributed by atoms with Crippen LogP contribution in [0.15, 0.2) is 12.4 Å². The number of hydrogen-bond acceptors (Lipinski definition) is 3. The van der Waals surface area contributed by atoms with Gasteiger partial charge in [-0.25, -0.2) is 0 Å². The van der Waals surface area contributed by atoms with Crippen molar-refractivity contribution in [3.8, 4) is 0 Å². The molecule has 3 N–H and O–H groups in total. The van der Waals surface area contributed by atoms with Crippen LogP contribution in [0, 0.1) is 0 Å². The maximum absolute atomic E-state index is 11.4. The molecule has 1 aromatic rings. The van der Waals surface area contributed by atoms with Crippen LogP contribution in [0.3, 0.4) is 0 Å². The second-order valence-corrected chi connectivity index (χ2v) is 3.81. The zero-order chi connectivity index (χ0) is 11.4. The Kier molecular flexibility index (Phi) is 3.85. The fourth-order valence-electron chi connectivity index (χ4n) is 1.11. The van der Waals surface area contributed by atoms with Crippen LogP contribution in [0.5, 0.6) is 0 Å². The van der Waals surface area contributed by atoms with E-state index in [4.69, 9.17) is 5.73 Å². The molecule has 1 atom stereocenters. The summed E-state index contributed by atoms with van der Waals surface area (Å²) in [6.45, 7) is 5.93. The third-order valence-corrected chi connectivity index (χ3v) is 2.17. The molecule has 0 saturated carbocycles. The summed E-state index contributed by atoms with van der Waals surface area (Å²) in [6.07, 6.45) is 4.05. The number of rotatable bonds is 4. The van der Waals surface area contributed by atoms with E-state index in [9.17, 15) is 4.79 Å². The summed E-state index contributed by atoms with van der Waals surface area (Å²) in [5.74, 6) is -0.166. The lowest BCUT2D eigenvalue weighted by molar-refractivity contribution is -0.117. The van der Waals surface area contributed by atoms with Crippen LogP contribution >= 0.6 is 0 Å². The summed E-state index contributed by atoms with van der Waals surface area (Å²) in [5.41, 5.74) is 6.28. The molecule has 0 fully saturated rings. The number of amides is 1. The summed E-state index contributed by atoms with van der Waals surface area (Å²) in [6, 6.07) is -0.164. The van der Waals surface area contributed by atoms with Gasteiger partial charge in [0.25, 0.3) is 0 Å². The lowest BCUT2D eigenvalue weighted by Crippen LogP contribution is -2.34. The maximum Gasteiger partial charge on any atom is 0.241 e. The van der Waals surface area contributed by atoms with E-state index >= 15 is 0 Å². The molecule has 5 heteroatoms. The third kappa shape index (κ3) is 3.06. The summed E-state index contributed by atoms with van der Waals surface area (Å²) >= 11 is 0. The Labute approximate surface area is 89.6 Å². The Balaban J connectivity index is 2.61. The van der Waals surface area contributed by atoms with Crippen LogP contribution in [-0.4, -0.2) is 21.7 Å². The second kappa shape index (κ2) is 4.93. The summed E-state index contributed by atoms with van der Waals surface area (Å²) in [7, 11) is 0. The Morgan fingerprint density at radius 2 is 2.33 bits per heavy atom. The molecule has 84 valence electrons. The minimum absolute atomic E-state index is 0.166. The molecule has 15 heavy (non-hydrogen) atoms. The van der Waals surface area contributed by atoms with Crippen LogP contribution < -0.4 is 11.1 Å². The number of hydrogen-bond donors (Lipinski definition) is 2. The van der Waals surface area contributed by atoms with Gasteiger partial charge < -0.3 is 11.1 Å². The maximum atomic E-state index is 11.4. The highest BCUT2D eigenvalue weighted by Gasteiger charge is 2.12. The van der Waals surface area contributed by atoms with Crippen LogP contribution in [-0.2, 0) is 4.79 Å². The van der Waals surface area contributed by atoms with Gasteiger partial charge in [0.2, 0.25) is 5.91 Å². The summed E-state index contributed by atoms with van der Waals surface area (Å²) in [5, 5.41) is 6.84. The Morgan fingerprint density at radius 1 is 1.67 bits per heavy atom. The monoisotopic (exact) mass is 210 g/mol. The van der Waals surface area contributed by atoms with Crippen LogP contribution in [0.2, 0.25) is 0 Å². The van der Waals surface area contributed by atoms with Gasteiger partial charge in [0.15, 0.2) is 0 Å². The van der Waals surface area contributed by atoms with Gasteiger partial charge in [0.1, 0.15) is 0 Å². The van der Waals surface area contributed by atoms with Crippen LogP contribution in [0.25, 0.3) is 0 Å². The topological polar surface area (TPSA) is 72.9 Å². The summed E-state index contributed by atoms with van der Waals surface area (Å²) < 4.78 is 1.78. The van der Waals surface area contributed by atoms with Crippen molar-refractivity contribution < 1.29 is 4.79 Å². The Morgan fingerprint density at radius 3 is 2.80 bits per heavy atom. The van der Waals surface area contributed by atoms with E-state index < -0.39 is 6.04 Å². The van der Waals surface area contributed by atoms with Crippen molar-refractivity contribution in [2.75, 3.05) is 5.32 Å². The van der Waals surface area contributed by atoms with Crippen LogP contribution in [0.1, 0.15) is 33.2 Å². The Hall–Kier alpha value is -1.36. The SMILES string of the molecule is CC[C@H](N)C(=O)Nc1cnn(C(C)C)c1. The highest BCUT2D eigenvalue weighted by Crippen LogP contribution is 2.10. The van der Waals surface area contributed by atoms with Gasteiger partial charge in [-0.2, -0.15) is 5.10 Å². The van der Waals surface area contributed by atoms with Crippen molar-refractivity contribution in [3.05, 3.63) is 12.4 Å². The molecule has 5 nitrogen and oxygen atoms in total. The smallest absolute Gasteiger partial charge is 0.241 e. The number of nitrogens with two attached hydrogens (primary N) is 1. The normalized spacial score (nSPS) is 12.9. The first-order valence-electron chi connectivity index (χ1n) is 5.15. The quantitative estimate of drug-likeness (QED) is 0.782. The fraction of sp³-hybridized carbons (Fsp3) is 0.600. The molecular weight excluding hydrogens is 192 g/mol. The molecule has 1 aromatic heterocycles. The van der Waals surface area contributed by atoms with Crippen LogP contribution in [0.4, 0.5) is 5.69 Å². The van der Waals surface area contributed by atoms with E-state index in [-0.39, 0.29) is 11.9 Å². The zero-order valence-electron chi connectivity index (χ0n) is 9.40. The van der Waals surface area contributed by atoms with E-state index in [1.165, 1.54) is 0 Å². The third-order valence-electron chi connectivity index (χ3n) is 2.17. The average molecular weight is 210 g/mol. The van der Waals surface area contributed by atoms with E-state index in [0.29, 0.717) is 12.1 Å². The number of carbonyl (C=O) groups is 1. The largest absolute Gasteiger partial charge is 0.322 e. The predicted octanol–water partition coefficient (Wildman–Crippen LogP) is 1.14. The molecule has 1 amide bonds. The lowest BCUT2D eigenvalue weighted by atomic mass is 10.2. The standard InChI is InChI=1S/C10H18N4O/c1-4-9(11)10(15)13-8-5-12-14(6-8)7(2)3/h5-7,9H,4,11H2,1-3H3,(H,13,15)/t9-/m0/s1. The van der Waals surface area contributed by atoms with Gasteiger partial charge in [0, 0.05) is 12.2 Å². The van der Waals surface area contributed by atoms with Gasteiger partial charge in [0.05, 0.1) is 17.9 Å². The van der Waals surface area contributed by atoms with Gasteiger partial charge in [-0.15, -0.1) is 0 Å². The number of anilines is 1. The van der Waals surface area contributed by atoms with E-state index in [2.05, 4.69) is 10.4 Å². The minimum Gasteiger partial charge on any atom is -0.322 e. The second-order valence-electron chi connectivity index (χ2n) is 3.81. The van der Waals surface area contributed by atoms with E-state index in [1.807, 2.05) is 20.8 Å². The molecule has 0 aromatic carbocycles. The molecule has 0 spiro atoms.